The number of nitrogens with zero attached hydrogens (tertiary/aromatic N) is 2. The molecule has 0 atom stereocenters. The van der Waals surface area contributed by atoms with Crippen LogP contribution in [0, 0.1) is 13.8 Å². The molecule has 0 saturated heterocycles. The van der Waals surface area contributed by atoms with Gasteiger partial charge in [-0.25, -0.2) is 9.97 Å². The van der Waals surface area contributed by atoms with Crippen LogP contribution >= 0.6 is 11.3 Å². The highest BCUT2D eigenvalue weighted by molar-refractivity contribution is 7.21. The monoisotopic (exact) mass is 298 g/mol. The standard InChI is InChI=1S/C15H14N4OS/c1-8-4-3-5-9(2)11(8)19-14(20)13-10(16)12-15(21-13)18-7-6-17-12/h3-7H,16H2,1-2H3,(H,19,20). The smallest absolute Gasteiger partial charge is 0.268 e. The fraction of sp³-hybridized carbons (Fsp3) is 0.133. The van der Waals surface area contributed by atoms with E-state index in [-0.39, 0.29) is 5.91 Å². The fourth-order valence-electron chi connectivity index (χ4n) is 2.19. The van der Waals surface area contributed by atoms with Gasteiger partial charge in [0.2, 0.25) is 0 Å². The Balaban J connectivity index is 2.00. The quantitative estimate of drug-likeness (QED) is 0.761. The molecule has 0 saturated carbocycles. The van der Waals surface area contributed by atoms with Crippen molar-refractivity contribution >= 4 is 39.0 Å². The summed E-state index contributed by atoms with van der Waals surface area (Å²) >= 11 is 1.25. The van der Waals surface area contributed by atoms with E-state index >= 15 is 0 Å². The van der Waals surface area contributed by atoms with Gasteiger partial charge in [-0.2, -0.15) is 0 Å². The Kier molecular flexibility index (Phi) is 3.31. The number of carbonyl (C=O) groups excluding carboxylic acids is 1. The van der Waals surface area contributed by atoms with Crippen LogP contribution in [0.15, 0.2) is 30.6 Å². The number of hydrogen-bond donors (Lipinski definition) is 2. The highest BCUT2D eigenvalue weighted by Crippen LogP contribution is 2.31. The molecule has 0 bridgehead atoms. The predicted molar refractivity (Wildman–Crippen MR) is 85.7 cm³/mol. The number of nitrogen functional groups attached to an aromatic ring is 1. The van der Waals surface area contributed by atoms with Gasteiger partial charge in [-0.1, -0.05) is 18.2 Å². The summed E-state index contributed by atoms with van der Waals surface area (Å²) in [7, 11) is 0. The summed E-state index contributed by atoms with van der Waals surface area (Å²) in [5.41, 5.74) is 9.82. The number of fused-ring (bicyclic) bond motifs is 1. The lowest BCUT2D eigenvalue weighted by molar-refractivity contribution is 0.103. The van der Waals surface area contributed by atoms with Gasteiger partial charge in [-0.15, -0.1) is 11.3 Å². The Morgan fingerprint density at radius 1 is 1.19 bits per heavy atom. The number of amides is 1. The van der Waals surface area contributed by atoms with Crippen molar-refractivity contribution in [3.63, 3.8) is 0 Å². The molecule has 21 heavy (non-hydrogen) atoms. The molecule has 0 aliphatic rings. The lowest BCUT2D eigenvalue weighted by Crippen LogP contribution is -2.13. The molecule has 2 aromatic heterocycles. The lowest BCUT2D eigenvalue weighted by Gasteiger charge is -2.10. The minimum Gasteiger partial charge on any atom is -0.396 e. The second kappa shape index (κ2) is 5.14. The van der Waals surface area contributed by atoms with Crippen LogP contribution in [0.5, 0.6) is 0 Å². The van der Waals surface area contributed by atoms with Crippen molar-refractivity contribution in [3.8, 4) is 0 Å². The number of aryl methyl sites for hydroxylation is 2. The maximum atomic E-state index is 12.5. The van der Waals surface area contributed by atoms with Crippen molar-refractivity contribution in [1.82, 2.24) is 9.97 Å². The van der Waals surface area contributed by atoms with Crippen molar-refractivity contribution in [1.29, 1.82) is 0 Å². The molecule has 5 nitrogen and oxygen atoms in total. The third kappa shape index (κ3) is 2.34. The van der Waals surface area contributed by atoms with Crippen LogP contribution in [0.3, 0.4) is 0 Å². The van der Waals surface area contributed by atoms with E-state index in [1.54, 1.807) is 12.4 Å². The SMILES string of the molecule is Cc1cccc(C)c1NC(=O)c1sc2nccnc2c1N. The van der Waals surface area contributed by atoms with Crippen LogP contribution in [-0.2, 0) is 0 Å². The Morgan fingerprint density at radius 3 is 2.52 bits per heavy atom. The molecular formula is C15H14N4OS. The molecule has 0 spiro atoms. The van der Waals surface area contributed by atoms with E-state index in [1.807, 2.05) is 32.0 Å². The number of anilines is 2. The van der Waals surface area contributed by atoms with Crippen molar-refractivity contribution in [2.45, 2.75) is 13.8 Å². The Morgan fingerprint density at radius 2 is 1.86 bits per heavy atom. The van der Waals surface area contributed by atoms with E-state index in [1.165, 1.54) is 11.3 Å². The van der Waals surface area contributed by atoms with Crippen molar-refractivity contribution in [3.05, 3.63) is 46.6 Å². The number of thiophene rings is 1. The van der Waals surface area contributed by atoms with Gasteiger partial charge in [0.15, 0.2) is 0 Å². The molecule has 106 valence electrons. The minimum absolute atomic E-state index is 0.227. The summed E-state index contributed by atoms with van der Waals surface area (Å²) in [6, 6.07) is 5.88. The third-order valence-corrected chi connectivity index (χ3v) is 4.39. The zero-order chi connectivity index (χ0) is 15.0. The Labute approximate surface area is 125 Å². The van der Waals surface area contributed by atoms with Gasteiger partial charge in [0.1, 0.15) is 15.2 Å². The summed E-state index contributed by atoms with van der Waals surface area (Å²) in [5.74, 6) is -0.227. The summed E-state index contributed by atoms with van der Waals surface area (Å²) in [6.07, 6.45) is 3.16. The van der Waals surface area contributed by atoms with E-state index in [0.717, 1.165) is 16.8 Å². The average molecular weight is 298 g/mol. The van der Waals surface area contributed by atoms with Crippen LogP contribution < -0.4 is 11.1 Å². The van der Waals surface area contributed by atoms with Gasteiger partial charge in [-0.3, -0.25) is 4.79 Å². The number of nitrogens with one attached hydrogen (secondary N) is 1. The number of carbonyl (C=O) groups is 1. The highest BCUT2D eigenvalue weighted by Gasteiger charge is 2.19. The highest BCUT2D eigenvalue weighted by atomic mass is 32.1. The molecule has 1 amide bonds. The summed E-state index contributed by atoms with van der Waals surface area (Å²) in [6.45, 7) is 3.92. The maximum Gasteiger partial charge on any atom is 0.268 e. The largest absolute Gasteiger partial charge is 0.396 e. The van der Waals surface area contributed by atoms with Gasteiger partial charge in [0.05, 0.1) is 5.69 Å². The molecule has 3 rings (SSSR count). The molecule has 0 aliphatic heterocycles. The number of nitrogens with two attached hydrogens (primary N) is 1. The van der Waals surface area contributed by atoms with Crippen LogP contribution in [-0.4, -0.2) is 15.9 Å². The van der Waals surface area contributed by atoms with Gasteiger partial charge in [0.25, 0.3) is 5.91 Å². The number of aromatic nitrogens is 2. The second-order valence-corrected chi connectivity index (χ2v) is 5.77. The third-order valence-electron chi connectivity index (χ3n) is 3.29. The zero-order valence-electron chi connectivity index (χ0n) is 11.7. The molecule has 0 aliphatic carbocycles. The van der Waals surface area contributed by atoms with E-state index in [4.69, 9.17) is 5.73 Å². The topological polar surface area (TPSA) is 80.9 Å². The maximum absolute atomic E-state index is 12.5. The molecule has 3 N–H and O–H groups in total. The molecule has 3 aromatic rings. The van der Waals surface area contributed by atoms with Gasteiger partial charge >= 0.3 is 0 Å². The van der Waals surface area contributed by atoms with Crippen LogP contribution in [0.25, 0.3) is 10.3 Å². The lowest BCUT2D eigenvalue weighted by atomic mass is 10.1. The predicted octanol–water partition coefficient (Wildman–Crippen LogP) is 3.14. The fourth-order valence-corrected chi connectivity index (χ4v) is 3.11. The number of benzene rings is 1. The number of para-hydroxylation sites is 1. The average Bonchev–Trinajstić information content (AvgIpc) is 2.81. The Bertz CT molecular complexity index is 821. The zero-order valence-corrected chi connectivity index (χ0v) is 12.5. The van der Waals surface area contributed by atoms with Crippen molar-refractivity contribution in [2.75, 3.05) is 11.1 Å². The van der Waals surface area contributed by atoms with Crippen LogP contribution in [0.4, 0.5) is 11.4 Å². The molecule has 0 unspecified atom stereocenters. The van der Waals surface area contributed by atoms with Crippen LogP contribution in [0.1, 0.15) is 20.8 Å². The molecule has 2 heterocycles. The normalized spacial score (nSPS) is 10.8. The molecular weight excluding hydrogens is 284 g/mol. The van der Waals surface area contributed by atoms with Gasteiger partial charge < -0.3 is 11.1 Å². The van der Waals surface area contributed by atoms with Crippen molar-refractivity contribution < 1.29 is 4.79 Å². The second-order valence-electron chi connectivity index (χ2n) is 4.78. The first-order chi connectivity index (χ1) is 10.1. The first kappa shape index (κ1) is 13.5. The summed E-state index contributed by atoms with van der Waals surface area (Å²) in [4.78, 5) is 21.9. The van der Waals surface area contributed by atoms with Gasteiger partial charge in [0, 0.05) is 18.1 Å². The first-order valence-electron chi connectivity index (χ1n) is 6.44. The molecule has 6 heteroatoms. The van der Waals surface area contributed by atoms with Crippen molar-refractivity contribution in [2.24, 2.45) is 0 Å². The summed E-state index contributed by atoms with van der Waals surface area (Å²) in [5, 5.41) is 2.93. The Hall–Kier alpha value is -2.47. The van der Waals surface area contributed by atoms with E-state index in [9.17, 15) is 4.79 Å². The molecule has 0 radical (unpaired) electrons. The van der Waals surface area contributed by atoms with E-state index < -0.39 is 0 Å². The van der Waals surface area contributed by atoms with Gasteiger partial charge in [-0.05, 0) is 25.0 Å². The van der Waals surface area contributed by atoms with E-state index in [2.05, 4.69) is 15.3 Å². The van der Waals surface area contributed by atoms with Crippen LogP contribution in [0.2, 0.25) is 0 Å². The first-order valence-corrected chi connectivity index (χ1v) is 7.26. The number of hydrogen-bond acceptors (Lipinski definition) is 5. The minimum atomic E-state index is -0.227. The summed E-state index contributed by atoms with van der Waals surface area (Å²) < 4.78 is 0. The number of rotatable bonds is 2. The van der Waals surface area contributed by atoms with E-state index in [0.29, 0.717) is 20.9 Å². The molecule has 0 fully saturated rings. The molecule has 1 aromatic carbocycles.